The largest absolute Gasteiger partial charge is 0.454 e. The molecule has 1 fully saturated rings. The number of hydrogen-bond donors (Lipinski definition) is 0. The van der Waals surface area contributed by atoms with Crippen molar-refractivity contribution in [3.8, 4) is 11.5 Å². The molecule has 4 aliphatic rings. The molecule has 1 aliphatic carbocycles. The highest BCUT2D eigenvalue weighted by Crippen LogP contribution is 2.52. The first-order valence-electron chi connectivity index (χ1n) is 7.15. The third-order valence-electron chi connectivity index (χ3n) is 5.28. The van der Waals surface area contributed by atoms with Crippen molar-refractivity contribution in [1.29, 1.82) is 0 Å². The first-order valence-corrected chi connectivity index (χ1v) is 7.15. The summed E-state index contributed by atoms with van der Waals surface area (Å²) in [6.45, 7) is 2.29. The van der Waals surface area contributed by atoms with Crippen LogP contribution in [-0.4, -0.2) is 30.1 Å². The average molecular weight is 269 g/mol. The molecule has 3 atom stereocenters. The van der Waals surface area contributed by atoms with Crippen LogP contribution in [0.1, 0.15) is 24.0 Å². The Labute approximate surface area is 117 Å². The van der Waals surface area contributed by atoms with E-state index in [0.29, 0.717) is 19.3 Å². The van der Waals surface area contributed by atoms with Crippen LogP contribution in [-0.2, 0) is 16.8 Å². The SMILES string of the molecule is O=C1C=CC23CCN(Cc4cc5c(cc42)OCO5)C3C1. The number of allylic oxidation sites excluding steroid dienone is 1. The number of ether oxygens (including phenoxy) is 2. The van der Waals surface area contributed by atoms with Gasteiger partial charge in [-0.15, -0.1) is 0 Å². The lowest BCUT2D eigenvalue weighted by atomic mass is 9.67. The summed E-state index contributed by atoms with van der Waals surface area (Å²) in [5.74, 6) is 1.96. The molecular weight excluding hydrogens is 254 g/mol. The number of rotatable bonds is 0. The summed E-state index contributed by atoms with van der Waals surface area (Å²) < 4.78 is 11.0. The van der Waals surface area contributed by atoms with E-state index in [0.717, 1.165) is 31.0 Å². The molecule has 4 heteroatoms. The molecule has 0 saturated carbocycles. The van der Waals surface area contributed by atoms with E-state index in [-0.39, 0.29) is 11.2 Å². The molecule has 0 radical (unpaired) electrons. The Balaban J connectivity index is 1.76. The molecule has 1 aromatic carbocycles. The van der Waals surface area contributed by atoms with E-state index >= 15 is 0 Å². The fraction of sp³-hybridized carbons (Fsp3) is 0.438. The zero-order valence-corrected chi connectivity index (χ0v) is 11.1. The number of ketones is 1. The summed E-state index contributed by atoms with van der Waals surface area (Å²) in [6, 6.07) is 4.60. The Hall–Kier alpha value is -1.81. The highest BCUT2D eigenvalue weighted by atomic mass is 16.7. The number of nitrogens with zero attached hydrogens (tertiary/aromatic N) is 1. The molecule has 4 nitrogen and oxygen atoms in total. The number of hydrogen-bond acceptors (Lipinski definition) is 4. The molecule has 102 valence electrons. The fourth-order valence-corrected chi connectivity index (χ4v) is 4.34. The molecule has 0 spiro atoms. The topological polar surface area (TPSA) is 38.8 Å². The molecule has 0 amide bonds. The molecule has 0 aromatic heterocycles. The maximum Gasteiger partial charge on any atom is 0.231 e. The lowest BCUT2D eigenvalue weighted by Gasteiger charge is -2.43. The van der Waals surface area contributed by atoms with Crippen LogP contribution in [0.15, 0.2) is 24.3 Å². The second-order valence-electron chi connectivity index (χ2n) is 6.14. The van der Waals surface area contributed by atoms with E-state index in [4.69, 9.17) is 9.47 Å². The number of fused-ring (bicyclic) bond motifs is 2. The van der Waals surface area contributed by atoms with Crippen molar-refractivity contribution in [1.82, 2.24) is 4.90 Å². The smallest absolute Gasteiger partial charge is 0.231 e. The monoisotopic (exact) mass is 269 g/mol. The molecule has 2 bridgehead atoms. The summed E-state index contributed by atoms with van der Waals surface area (Å²) in [7, 11) is 0. The molecule has 1 aromatic rings. The summed E-state index contributed by atoms with van der Waals surface area (Å²) >= 11 is 0. The van der Waals surface area contributed by atoms with E-state index in [9.17, 15) is 4.79 Å². The maximum atomic E-state index is 11.8. The van der Waals surface area contributed by atoms with Crippen molar-refractivity contribution < 1.29 is 14.3 Å². The lowest BCUT2D eigenvalue weighted by molar-refractivity contribution is -0.116. The van der Waals surface area contributed by atoms with Gasteiger partial charge in [0, 0.05) is 31.0 Å². The molecule has 3 heterocycles. The van der Waals surface area contributed by atoms with E-state index in [1.165, 1.54) is 11.1 Å². The Bertz CT molecular complexity index is 666. The van der Waals surface area contributed by atoms with Crippen molar-refractivity contribution in [2.75, 3.05) is 13.3 Å². The van der Waals surface area contributed by atoms with E-state index in [1.54, 1.807) is 6.08 Å². The van der Waals surface area contributed by atoms with Crippen molar-refractivity contribution in [2.24, 2.45) is 0 Å². The normalized spacial score (nSPS) is 35.9. The first kappa shape index (κ1) is 10.9. The molecular formula is C16H15NO3. The molecule has 1 saturated heterocycles. The first-order chi connectivity index (χ1) is 9.76. The minimum absolute atomic E-state index is 0.00245. The maximum absolute atomic E-state index is 11.8. The van der Waals surface area contributed by atoms with E-state index < -0.39 is 0 Å². The van der Waals surface area contributed by atoms with Crippen LogP contribution in [0.4, 0.5) is 0 Å². The van der Waals surface area contributed by atoms with Gasteiger partial charge < -0.3 is 9.47 Å². The van der Waals surface area contributed by atoms with Gasteiger partial charge in [-0.05, 0) is 35.8 Å². The standard InChI is InChI=1S/C16H15NO3/c18-11-1-2-16-3-4-17(15(16)6-11)8-10-5-13-14(7-12(10)16)20-9-19-13/h1-2,5,7,15H,3-4,6,8-9H2. The third-order valence-corrected chi connectivity index (χ3v) is 5.28. The fourth-order valence-electron chi connectivity index (χ4n) is 4.34. The quantitative estimate of drug-likeness (QED) is 0.719. The predicted molar refractivity (Wildman–Crippen MR) is 71.8 cm³/mol. The Morgan fingerprint density at radius 2 is 2.10 bits per heavy atom. The van der Waals surface area contributed by atoms with Gasteiger partial charge in [-0.2, -0.15) is 0 Å². The van der Waals surface area contributed by atoms with Gasteiger partial charge in [-0.25, -0.2) is 0 Å². The summed E-state index contributed by atoms with van der Waals surface area (Å²) in [4.78, 5) is 14.2. The van der Waals surface area contributed by atoms with Crippen LogP contribution < -0.4 is 9.47 Å². The van der Waals surface area contributed by atoms with Crippen molar-refractivity contribution in [3.05, 3.63) is 35.4 Å². The molecule has 3 unspecified atom stereocenters. The molecule has 5 rings (SSSR count). The van der Waals surface area contributed by atoms with Crippen molar-refractivity contribution in [2.45, 2.75) is 30.8 Å². The van der Waals surface area contributed by atoms with E-state index in [1.807, 2.05) is 0 Å². The van der Waals surface area contributed by atoms with Crippen LogP contribution in [0.25, 0.3) is 0 Å². The summed E-state index contributed by atoms with van der Waals surface area (Å²) in [5.41, 5.74) is 2.66. The third kappa shape index (κ3) is 1.18. The van der Waals surface area contributed by atoms with Gasteiger partial charge in [0.15, 0.2) is 17.3 Å². The lowest BCUT2D eigenvalue weighted by Crippen LogP contribution is -2.48. The number of carbonyl (C=O) groups excluding carboxylic acids is 1. The van der Waals surface area contributed by atoms with Crippen molar-refractivity contribution in [3.63, 3.8) is 0 Å². The number of carbonyl (C=O) groups is 1. The molecule has 0 N–H and O–H groups in total. The number of benzene rings is 1. The Morgan fingerprint density at radius 3 is 3.00 bits per heavy atom. The van der Waals surface area contributed by atoms with Crippen LogP contribution in [0.3, 0.4) is 0 Å². The predicted octanol–water partition coefficient (Wildman–Crippen LogP) is 1.77. The zero-order valence-electron chi connectivity index (χ0n) is 11.1. The summed E-state index contributed by atoms with van der Waals surface area (Å²) in [5, 5.41) is 0. The zero-order chi connectivity index (χ0) is 13.3. The average Bonchev–Trinajstić information content (AvgIpc) is 3.00. The van der Waals surface area contributed by atoms with Gasteiger partial charge in [0.05, 0.1) is 0 Å². The van der Waals surface area contributed by atoms with Gasteiger partial charge in [-0.1, -0.05) is 6.08 Å². The van der Waals surface area contributed by atoms with E-state index in [2.05, 4.69) is 23.1 Å². The van der Waals surface area contributed by atoms with Crippen molar-refractivity contribution >= 4 is 5.78 Å². The van der Waals surface area contributed by atoms with Crippen LogP contribution >= 0.6 is 0 Å². The second kappa shape index (κ2) is 3.44. The van der Waals surface area contributed by atoms with Gasteiger partial charge in [0.1, 0.15) is 0 Å². The molecule has 3 aliphatic heterocycles. The summed E-state index contributed by atoms with van der Waals surface area (Å²) in [6.07, 6.45) is 5.65. The van der Waals surface area contributed by atoms with Gasteiger partial charge in [-0.3, -0.25) is 9.69 Å². The second-order valence-corrected chi connectivity index (χ2v) is 6.14. The van der Waals surface area contributed by atoms with Gasteiger partial charge in [0.2, 0.25) is 6.79 Å². The Kier molecular flexibility index (Phi) is 1.88. The van der Waals surface area contributed by atoms with Crippen LogP contribution in [0.5, 0.6) is 11.5 Å². The minimum atomic E-state index is 0.00245. The Morgan fingerprint density at radius 1 is 1.25 bits per heavy atom. The molecule has 20 heavy (non-hydrogen) atoms. The van der Waals surface area contributed by atoms with Crippen LogP contribution in [0, 0.1) is 0 Å². The van der Waals surface area contributed by atoms with Crippen LogP contribution in [0.2, 0.25) is 0 Å². The highest BCUT2D eigenvalue weighted by molar-refractivity contribution is 5.92. The minimum Gasteiger partial charge on any atom is -0.454 e. The van der Waals surface area contributed by atoms with Gasteiger partial charge >= 0.3 is 0 Å². The van der Waals surface area contributed by atoms with Gasteiger partial charge in [0.25, 0.3) is 0 Å². The highest BCUT2D eigenvalue weighted by Gasteiger charge is 2.53.